The van der Waals surface area contributed by atoms with Crippen LogP contribution < -0.4 is 10.2 Å². The minimum Gasteiger partial charge on any atom is -0.364 e. The maximum Gasteiger partial charge on any atom is 0.493 e. The summed E-state index contributed by atoms with van der Waals surface area (Å²) in [5, 5.41) is 16.4. The van der Waals surface area contributed by atoms with Gasteiger partial charge in [0.15, 0.2) is 5.82 Å². The van der Waals surface area contributed by atoms with Gasteiger partial charge in [-0.25, -0.2) is 31.3 Å². The lowest BCUT2D eigenvalue weighted by atomic mass is 10.00. The number of benzene rings is 2. The summed E-state index contributed by atoms with van der Waals surface area (Å²) < 4.78 is 94.2. The molecule has 1 fully saturated rings. The number of nitrogens with one attached hydrogen (secondary N) is 1. The molecule has 0 aliphatic carbocycles. The van der Waals surface area contributed by atoms with Gasteiger partial charge >= 0.3 is 12.1 Å². The Morgan fingerprint density at radius 2 is 1.78 bits per heavy atom. The molecule has 0 radical (unpaired) electrons. The third kappa shape index (κ3) is 5.37. The lowest BCUT2D eigenvalue weighted by Crippen LogP contribution is -2.42. The molecule has 0 atom stereocenters. The predicted octanol–water partition coefficient (Wildman–Crippen LogP) is 3.75. The number of halogens is 5. The highest BCUT2D eigenvalue weighted by Crippen LogP contribution is 2.38. The maximum absolute atomic E-state index is 14.9. The number of rotatable bonds is 5. The number of nitrogens with zero attached hydrogens (tertiary/aromatic N) is 5. The number of carbonyl (C=O) groups is 1. The molecule has 214 valence electrons. The van der Waals surface area contributed by atoms with Crippen molar-refractivity contribution < 1.29 is 40.0 Å². The first-order valence-corrected chi connectivity index (χ1v) is 13.8. The number of sulfonamides is 1. The molecule has 2 aromatic heterocycles. The van der Waals surface area contributed by atoms with Crippen LogP contribution in [-0.4, -0.2) is 65.2 Å². The minimum atomic E-state index is -5.38. The third-order valence-corrected chi connectivity index (χ3v) is 7.88. The molecule has 41 heavy (non-hydrogen) atoms. The highest BCUT2D eigenvalue weighted by molar-refractivity contribution is 7.88. The first kappa shape index (κ1) is 28.2. The number of aromatic nitrogens is 3. The van der Waals surface area contributed by atoms with Crippen molar-refractivity contribution in [1.82, 2.24) is 19.2 Å². The van der Waals surface area contributed by atoms with Crippen molar-refractivity contribution in [3.63, 3.8) is 0 Å². The van der Waals surface area contributed by atoms with E-state index in [0.29, 0.717) is 4.85 Å². The van der Waals surface area contributed by atoms with Crippen LogP contribution in [0.2, 0.25) is 0 Å². The number of hydrogen-bond acceptors (Lipinski definition) is 8. The first-order chi connectivity index (χ1) is 19.3. The van der Waals surface area contributed by atoms with Gasteiger partial charge in [0.25, 0.3) is 0 Å². The Balaban J connectivity index is 1.73. The Bertz CT molecular complexity index is 1820. The van der Waals surface area contributed by atoms with Crippen LogP contribution in [0.15, 0.2) is 36.4 Å². The molecule has 0 spiro atoms. The summed E-state index contributed by atoms with van der Waals surface area (Å²) in [5.41, 5.74) is -1.18. The Hall–Kier alpha value is -4.36. The molecular formula is C25H19F5N6O4S. The van der Waals surface area contributed by atoms with Crippen molar-refractivity contribution in [3.05, 3.63) is 53.6 Å². The Kier molecular flexibility index (Phi) is 7.03. The first-order valence-electron chi connectivity index (χ1n) is 12.0. The highest BCUT2D eigenvalue weighted by atomic mass is 32.2. The van der Waals surface area contributed by atoms with Crippen LogP contribution in [0, 0.1) is 23.0 Å². The fraction of sp³-hybridized carbons (Fsp3) is 0.280. The van der Waals surface area contributed by atoms with E-state index >= 15 is 0 Å². The third-order valence-electron chi connectivity index (χ3n) is 6.58. The molecule has 1 aliphatic heterocycles. The normalized spacial score (nSPS) is 15.2. The number of fused-ring (bicyclic) bond motifs is 3. The number of nitriles is 1. The van der Waals surface area contributed by atoms with E-state index in [9.17, 15) is 40.4 Å². The van der Waals surface area contributed by atoms with Gasteiger partial charge in [-0.2, -0.15) is 18.4 Å². The number of anilines is 1. The van der Waals surface area contributed by atoms with Gasteiger partial charge in [0.2, 0.25) is 10.0 Å². The van der Waals surface area contributed by atoms with E-state index in [2.05, 4.69) is 20.2 Å². The molecule has 3 heterocycles. The summed E-state index contributed by atoms with van der Waals surface area (Å²) in [6.45, 7) is 0.300. The summed E-state index contributed by atoms with van der Waals surface area (Å²) in [4.78, 5) is 21.0. The average molecular weight is 595 g/mol. The van der Waals surface area contributed by atoms with Crippen molar-refractivity contribution >= 4 is 43.6 Å². The summed E-state index contributed by atoms with van der Waals surface area (Å²) in [7, 11) is -3.44. The zero-order chi connectivity index (χ0) is 29.7. The highest BCUT2D eigenvalue weighted by Gasteiger charge is 2.43. The van der Waals surface area contributed by atoms with E-state index in [-0.39, 0.29) is 64.8 Å². The van der Waals surface area contributed by atoms with E-state index in [1.807, 2.05) is 6.07 Å². The fourth-order valence-electron chi connectivity index (χ4n) is 4.65. The van der Waals surface area contributed by atoms with Gasteiger partial charge in [0.05, 0.1) is 29.1 Å². The van der Waals surface area contributed by atoms with Gasteiger partial charge in [-0.1, -0.05) is 17.0 Å². The number of alkyl halides is 3. The van der Waals surface area contributed by atoms with Crippen molar-refractivity contribution in [1.29, 1.82) is 5.26 Å². The van der Waals surface area contributed by atoms with Crippen molar-refractivity contribution in [2.24, 2.45) is 0 Å². The average Bonchev–Trinajstić information content (AvgIpc) is 3.24. The van der Waals surface area contributed by atoms with Gasteiger partial charge < -0.3 is 10.2 Å². The molecule has 1 saturated heterocycles. The lowest BCUT2D eigenvalue weighted by Gasteiger charge is -2.30. The number of carbonyl (C=O) groups excluding carboxylic acids is 1. The maximum atomic E-state index is 14.9. The number of hydrogen-bond donors (Lipinski definition) is 1. The molecule has 0 unspecified atom stereocenters. The largest absolute Gasteiger partial charge is 0.493 e. The summed E-state index contributed by atoms with van der Waals surface area (Å²) in [6, 6.07) is 8.47. The standard InChI is InChI=1S/C25H19F5N6O4S/c1-41(38,39)35-9-7-14(8-10-35)32-23-21-22(36(34-23)40-24(37)25(28,29)30)15-6-5-13(12-31)11-16(15)20(33-21)19-17(26)3-2-4-18(19)27/h2-6,11,14H,7-10H2,1H3,(H,32,34). The van der Waals surface area contributed by atoms with Crippen LogP contribution in [0.3, 0.4) is 0 Å². The topological polar surface area (TPSA) is 130 Å². The van der Waals surface area contributed by atoms with Gasteiger partial charge in [-0.05, 0) is 37.1 Å². The summed E-state index contributed by atoms with van der Waals surface area (Å²) in [5.74, 6) is -4.73. The second kappa shape index (κ2) is 10.2. The van der Waals surface area contributed by atoms with Gasteiger partial charge in [0, 0.05) is 29.9 Å². The van der Waals surface area contributed by atoms with Crippen LogP contribution in [0.1, 0.15) is 18.4 Å². The number of piperidine rings is 1. The molecule has 1 N–H and O–H groups in total. The smallest absolute Gasteiger partial charge is 0.364 e. The van der Waals surface area contributed by atoms with E-state index in [0.717, 1.165) is 24.5 Å². The van der Waals surface area contributed by atoms with E-state index < -0.39 is 45.4 Å². The molecule has 0 bridgehead atoms. The molecule has 5 rings (SSSR count). The van der Waals surface area contributed by atoms with Crippen LogP contribution >= 0.6 is 0 Å². The van der Waals surface area contributed by atoms with E-state index in [4.69, 9.17) is 0 Å². The monoisotopic (exact) mass is 594 g/mol. The molecule has 0 saturated carbocycles. The number of pyridine rings is 1. The Morgan fingerprint density at radius 1 is 1.12 bits per heavy atom. The Labute approximate surface area is 228 Å². The molecule has 0 amide bonds. The summed E-state index contributed by atoms with van der Waals surface area (Å²) >= 11 is 0. The van der Waals surface area contributed by atoms with Gasteiger partial charge in [-0.3, -0.25) is 0 Å². The summed E-state index contributed by atoms with van der Waals surface area (Å²) in [6.07, 6.45) is -3.73. The van der Waals surface area contributed by atoms with Crippen LogP contribution in [0.25, 0.3) is 33.1 Å². The molecule has 16 heteroatoms. The predicted molar refractivity (Wildman–Crippen MR) is 136 cm³/mol. The van der Waals surface area contributed by atoms with Crippen LogP contribution in [0.5, 0.6) is 0 Å². The second-order valence-electron chi connectivity index (χ2n) is 9.31. The second-order valence-corrected chi connectivity index (χ2v) is 11.3. The SMILES string of the molecule is CS(=O)(=O)N1CCC(Nc2nn(OC(=O)C(F)(F)F)c3c2nc(-c2c(F)cccc2F)c2cc(C#N)ccc23)CC1. The minimum absolute atomic E-state index is 0.0160. The fourth-order valence-corrected chi connectivity index (χ4v) is 5.52. The molecule has 1 aliphatic rings. The van der Waals surface area contributed by atoms with E-state index in [1.165, 1.54) is 22.5 Å². The van der Waals surface area contributed by atoms with Crippen LogP contribution in [0.4, 0.5) is 27.8 Å². The lowest BCUT2D eigenvalue weighted by molar-refractivity contribution is -0.200. The molecule has 4 aromatic rings. The van der Waals surface area contributed by atoms with Crippen molar-refractivity contribution in [2.75, 3.05) is 24.7 Å². The molecule has 2 aromatic carbocycles. The van der Waals surface area contributed by atoms with Crippen molar-refractivity contribution in [2.45, 2.75) is 25.1 Å². The van der Waals surface area contributed by atoms with E-state index in [1.54, 1.807) is 0 Å². The quantitative estimate of drug-likeness (QED) is 0.346. The van der Waals surface area contributed by atoms with Crippen LogP contribution in [-0.2, 0) is 14.8 Å². The van der Waals surface area contributed by atoms with Gasteiger partial charge in [0.1, 0.15) is 22.7 Å². The van der Waals surface area contributed by atoms with Crippen molar-refractivity contribution in [3.8, 4) is 17.3 Å². The Morgan fingerprint density at radius 3 is 2.37 bits per heavy atom. The molecular weight excluding hydrogens is 575 g/mol. The molecule has 10 nitrogen and oxygen atoms in total. The van der Waals surface area contributed by atoms with Gasteiger partial charge in [-0.15, -0.1) is 5.10 Å². The zero-order valence-electron chi connectivity index (χ0n) is 21.0. The zero-order valence-corrected chi connectivity index (χ0v) is 21.9.